The summed E-state index contributed by atoms with van der Waals surface area (Å²) in [5, 5.41) is 1.20. The van der Waals surface area contributed by atoms with Gasteiger partial charge in [-0.05, 0) is 30.3 Å². The standard InChI is InChI=1S/C17H11BrN2/c18-12-4-3-5-13(10-12)20-9-8-17-15(11-20)14-6-1-2-7-16(14)19-17/h1-11H. The van der Waals surface area contributed by atoms with E-state index in [0.29, 0.717) is 0 Å². The first-order chi connectivity index (χ1) is 9.81. The van der Waals surface area contributed by atoms with Gasteiger partial charge in [0.15, 0.2) is 0 Å². The maximum atomic E-state index is 4.64. The van der Waals surface area contributed by atoms with Gasteiger partial charge >= 0.3 is 0 Å². The highest BCUT2D eigenvalue weighted by atomic mass is 79.9. The van der Waals surface area contributed by atoms with Crippen molar-refractivity contribution < 1.29 is 0 Å². The zero-order chi connectivity index (χ0) is 13.5. The molecule has 0 spiro atoms. The molecule has 2 aliphatic rings. The van der Waals surface area contributed by atoms with E-state index in [2.05, 4.69) is 74.3 Å². The molecule has 0 aliphatic carbocycles. The molecule has 0 saturated carbocycles. The Balaban J connectivity index is 1.98. The molecule has 0 unspecified atom stereocenters. The Morgan fingerprint density at radius 2 is 1.85 bits per heavy atom. The normalized spacial score (nSPS) is 11.2. The topological polar surface area (TPSA) is 17.8 Å². The van der Waals surface area contributed by atoms with Crippen molar-refractivity contribution in [3.63, 3.8) is 0 Å². The van der Waals surface area contributed by atoms with Crippen molar-refractivity contribution in [2.75, 3.05) is 0 Å². The third-order valence-corrected chi connectivity index (χ3v) is 3.97. The lowest BCUT2D eigenvalue weighted by atomic mass is 10.1. The molecule has 0 N–H and O–H groups in total. The van der Waals surface area contributed by atoms with Crippen LogP contribution in [0.4, 0.5) is 0 Å². The third-order valence-electron chi connectivity index (χ3n) is 3.48. The minimum atomic E-state index is 1.04. The number of pyridine rings is 1. The van der Waals surface area contributed by atoms with E-state index in [1.54, 1.807) is 0 Å². The van der Waals surface area contributed by atoms with E-state index < -0.39 is 0 Å². The number of nitrogens with zero attached hydrogens (tertiary/aromatic N) is 2. The molecule has 0 aromatic heterocycles. The van der Waals surface area contributed by atoms with E-state index in [9.17, 15) is 0 Å². The second-order valence-electron chi connectivity index (χ2n) is 4.76. The van der Waals surface area contributed by atoms with Gasteiger partial charge in [0.1, 0.15) is 0 Å². The molecule has 0 saturated heterocycles. The quantitative estimate of drug-likeness (QED) is 0.487. The number of fused-ring (bicyclic) bond motifs is 3. The van der Waals surface area contributed by atoms with Crippen LogP contribution in [0.1, 0.15) is 0 Å². The predicted molar refractivity (Wildman–Crippen MR) is 85.4 cm³/mol. The van der Waals surface area contributed by atoms with E-state index in [4.69, 9.17) is 0 Å². The maximum absolute atomic E-state index is 4.64. The van der Waals surface area contributed by atoms with Gasteiger partial charge in [0.2, 0.25) is 0 Å². The number of hydrogen-bond donors (Lipinski definition) is 0. The molecule has 0 bridgehead atoms. The molecule has 2 aromatic rings. The zero-order valence-electron chi connectivity index (χ0n) is 10.6. The average Bonchev–Trinajstić information content (AvgIpc) is 2.85. The van der Waals surface area contributed by atoms with E-state index >= 15 is 0 Å². The molecule has 2 aliphatic heterocycles. The van der Waals surface area contributed by atoms with Crippen LogP contribution in [0.5, 0.6) is 0 Å². The summed E-state index contributed by atoms with van der Waals surface area (Å²) in [6.07, 6.45) is 4.20. The monoisotopic (exact) mass is 322 g/mol. The van der Waals surface area contributed by atoms with E-state index in [1.807, 2.05) is 18.2 Å². The summed E-state index contributed by atoms with van der Waals surface area (Å²) >= 11 is 3.52. The van der Waals surface area contributed by atoms with E-state index in [-0.39, 0.29) is 0 Å². The van der Waals surface area contributed by atoms with Gasteiger partial charge in [-0.1, -0.05) is 40.2 Å². The second kappa shape index (κ2) is 4.46. The number of aromatic nitrogens is 2. The van der Waals surface area contributed by atoms with Crippen molar-refractivity contribution >= 4 is 26.8 Å². The van der Waals surface area contributed by atoms with Gasteiger partial charge in [-0.15, -0.1) is 0 Å². The van der Waals surface area contributed by atoms with Crippen LogP contribution in [-0.4, -0.2) is 9.55 Å². The largest absolute Gasteiger partial charge is 0.323 e. The van der Waals surface area contributed by atoms with E-state index in [0.717, 1.165) is 21.4 Å². The molecule has 2 nitrogen and oxygen atoms in total. The molecule has 2 heterocycles. The molecular formula is C17H11BrN2. The summed E-state index contributed by atoms with van der Waals surface area (Å²) in [6, 6.07) is 18.6. The number of rotatable bonds is 1. The fraction of sp³-hybridized carbons (Fsp3) is 0. The van der Waals surface area contributed by atoms with Crippen LogP contribution >= 0.6 is 15.9 Å². The van der Waals surface area contributed by atoms with Gasteiger partial charge in [-0.2, -0.15) is 0 Å². The van der Waals surface area contributed by atoms with Crippen molar-refractivity contribution in [2.24, 2.45) is 0 Å². The number of benzene rings is 2. The molecular weight excluding hydrogens is 312 g/mol. The smallest absolute Gasteiger partial charge is 0.0745 e. The van der Waals surface area contributed by atoms with Gasteiger partial charge in [0.25, 0.3) is 0 Å². The summed E-state index contributed by atoms with van der Waals surface area (Å²) in [6.45, 7) is 0. The second-order valence-corrected chi connectivity index (χ2v) is 5.68. The SMILES string of the molecule is Brc1cccc(-n2ccc3nc4ccccc4c-3c2)c1. The first kappa shape index (κ1) is 11.7. The Morgan fingerprint density at radius 1 is 0.950 bits per heavy atom. The fourth-order valence-electron chi connectivity index (χ4n) is 2.52. The Kier molecular flexibility index (Phi) is 2.60. The zero-order valence-corrected chi connectivity index (χ0v) is 12.2. The average molecular weight is 323 g/mol. The van der Waals surface area contributed by atoms with Crippen LogP contribution in [-0.2, 0) is 0 Å². The first-order valence-electron chi connectivity index (χ1n) is 6.44. The first-order valence-corrected chi connectivity index (χ1v) is 7.23. The highest BCUT2D eigenvalue weighted by Gasteiger charge is 2.11. The summed E-state index contributed by atoms with van der Waals surface area (Å²) in [7, 11) is 0. The lowest BCUT2D eigenvalue weighted by molar-refractivity contribution is 1.04. The van der Waals surface area contributed by atoms with Gasteiger partial charge in [0, 0.05) is 33.5 Å². The number of halogens is 1. The molecule has 0 atom stereocenters. The molecule has 2 aromatic carbocycles. The lowest BCUT2D eigenvalue weighted by Crippen LogP contribution is -1.95. The van der Waals surface area contributed by atoms with Gasteiger partial charge < -0.3 is 4.57 Å². The molecule has 20 heavy (non-hydrogen) atoms. The van der Waals surface area contributed by atoms with Crippen molar-refractivity contribution in [3.05, 3.63) is 71.5 Å². The minimum absolute atomic E-state index is 1.04. The van der Waals surface area contributed by atoms with Crippen LogP contribution in [0.25, 0.3) is 27.8 Å². The van der Waals surface area contributed by atoms with Crippen molar-refractivity contribution in [2.45, 2.75) is 0 Å². The summed E-state index contributed by atoms with van der Waals surface area (Å²) < 4.78 is 3.20. The Bertz CT molecular complexity index is 879. The molecule has 0 fully saturated rings. The van der Waals surface area contributed by atoms with Crippen LogP contribution in [0.2, 0.25) is 0 Å². The molecule has 4 rings (SSSR count). The van der Waals surface area contributed by atoms with Crippen LogP contribution in [0, 0.1) is 0 Å². The molecule has 3 heteroatoms. The predicted octanol–water partition coefficient (Wildman–Crippen LogP) is 4.89. The van der Waals surface area contributed by atoms with Crippen molar-refractivity contribution in [1.82, 2.24) is 9.55 Å². The Labute approximate surface area is 125 Å². The van der Waals surface area contributed by atoms with Gasteiger partial charge in [-0.25, -0.2) is 4.98 Å². The fourth-order valence-corrected chi connectivity index (χ4v) is 2.91. The van der Waals surface area contributed by atoms with Crippen LogP contribution < -0.4 is 0 Å². The van der Waals surface area contributed by atoms with E-state index in [1.165, 1.54) is 10.9 Å². The third kappa shape index (κ3) is 1.82. The maximum Gasteiger partial charge on any atom is 0.0745 e. The van der Waals surface area contributed by atoms with Crippen molar-refractivity contribution in [1.29, 1.82) is 0 Å². The summed E-state index contributed by atoms with van der Waals surface area (Å²) in [5.41, 5.74) is 4.40. The summed E-state index contributed by atoms with van der Waals surface area (Å²) in [5.74, 6) is 0. The van der Waals surface area contributed by atoms with Crippen molar-refractivity contribution in [3.8, 4) is 16.9 Å². The minimum Gasteiger partial charge on any atom is -0.323 e. The summed E-state index contributed by atoms with van der Waals surface area (Å²) in [4.78, 5) is 4.64. The van der Waals surface area contributed by atoms with Gasteiger partial charge in [-0.3, -0.25) is 0 Å². The Hall–Kier alpha value is -2.13. The number of hydrogen-bond acceptors (Lipinski definition) is 1. The molecule has 96 valence electrons. The highest BCUT2D eigenvalue weighted by Crippen LogP contribution is 2.31. The molecule has 0 radical (unpaired) electrons. The van der Waals surface area contributed by atoms with Crippen LogP contribution in [0.15, 0.2) is 71.5 Å². The Morgan fingerprint density at radius 3 is 2.75 bits per heavy atom. The number of para-hydroxylation sites is 1. The highest BCUT2D eigenvalue weighted by molar-refractivity contribution is 9.10. The van der Waals surface area contributed by atoms with Gasteiger partial charge in [0.05, 0.1) is 11.2 Å². The molecule has 0 amide bonds. The lowest BCUT2D eigenvalue weighted by Gasteiger charge is -2.09. The van der Waals surface area contributed by atoms with Crippen LogP contribution in [0.3, 0.4) is 0 Å².